The maximum atomic E-state index is 13.5. The number of hydrogen-bond donors (Lipinski definition) is 0. The molecule has 10 heteroatoms. The third kappa shape index (κ3) is 5.99. The van der Waals surface area contributed by atoms with E-state index >= 15 is 0 Å². The minimum Gasteiger partial charge on any atom is -0.435 e. The number of nitrogens with zero attached hydrogens (tertiary/aromatic N) is 2. The highest BCUT2D eigenvalue weighted by Gasteiger charge is 2.39. The summed E-state index contributed by atoms with van der Waals surface area (Å²) in [5, 5.41) is 0. The van der Waals surface area contributed by atoms with Crippen molar-refractivity contribution in [3.05, 3.63) is 90.0 Å². The van der Waals surface area contributed by atoms with Crippen LogP contribution < -0.4 is 14.4 Å². The summed E-state index contributed by atoms with van der Waals surface area (Å²) in [6, 6.07) is 19.1. The van der Waals surface area contributed by atoms with Gasteiger partial charge >= 0.3 is 13.0 Å². The summed E-state index contributed by atoms with van der Waals surface area (Å²) >= 11 is 0. The Morgan fingerprint density at radius 3 is 2.28 bits per heavy atom. The van der Waals surface area contributed by atoms with Crippen LogP contribution in [0, 0.1) is 0 Å². The SMILES string of the molecule is C[C@@H](N=C1C[C@H](c2cccc(OC(F)(F)F)c2)N(c2ccc(OC(F)F)cc2)C1=O)c1ccccc1. The highest BCUT2D eigenvalue weighted by Crippen LogP contribution is 2.39. The Kier molecular flexibility index (Phi) is 7.23. The number of alkyl halides is 5. The molecule has 1 aliphatic rings. The maximum Gasteiger partial charge on any atom is 0.573 e. The van der Waals surface area contributed by atoms with Crippen LogP contribution in [0.4, 0.5) is 27.6 Å². The molecule has 4 rings (SSSR count). The summed E-state index contributed by atoms with van der Waals surface area (Å²) in [5.41, 5.74) is 1.88. The molecular weight excluding hydrogens is 483 g/mol. The van der Waals surface area contributed by atoms with E-state index in [0.717, 1.165) is 5.56 Å². The van der Waals surface area contributed by atoms with E-state index in [2.05, 4.69) is 14.5 Å². The summed E-state index contributed by atoms with van der Waals surface area (Å²) in [6.07, 6.45) is -4.75. The van der Waals surface area contributed by atoms with E-state index in [1.54, 1.807) is 6.07 Å². The molecule has 3 aromatic carbocycles. The van der Waals surface area contributed by atoms with Gasteiger partial charge in [-0.05, 0) is 54.4 Å². The van der Waals surface area contributed by atoms with E-state index < -0.39 is 30.7 Å². The first kappa shape index (κ1) is 25.2. The molecule has 2 atom stereocenters. The van der Waals surface area contributed by atoms with Crippen LogP contribution in [0.5, 0.6) is 11.5 Å². The summed E-state index contributed by atoms with van der Waals surface area (Å²) in [5.74, 6) is -0.951. The zero-order valence-electron chi connectivity index (χ0n) is 19.0. The number of carbonyl (C=O) groups is 1. The molecule has 1 amide bonds. The number of benzene rings is 3. The molecule has 0 spiro atoms. The molecule has 0 saturated carbocycles. The second kappa shape index (κ2) is 10.3. The molecule has 36 heavy (non-hydrogen) atoms. The zero-order chi connectivity index (χ0) is 25.9. The lowest BCUT2D eigenvalue weighted by Gasteiger charge is -2.25. The number of amides is 1. The van der Waals surface area contributed by atoms with Crippen molar-refractivity contribution < 1.29 is 36.2 Å². The molecule has 0 bridgehead atoms. The minimum atomic E-state index is -4.87. The van der Waals surface area contributed by atoms with Gasteiger partial charge in [0.05, 0.1) is 12.1 Å². The topological polar surface area (TPSA) is 51.1 Å². The fourth-order valence-electron chi connectivity index (χ4n) is 4.06. The molecule has 0 aromatic heterocycles. The summed E-state index contributed by atoms with van der Waals surface area (Å²) in [4.78, 5) is 19.5. The van der Waals surface area contributed by atoms with Crippen LogP contribution in [0.2, 0.25) is 0 Å². The van der Waals surface area contributed by atoms with Gasteiger partial charge in [0.25, 0.3) is 5.91 Å². The van der Waals surface area contributed by atoms with Crippen molar-refractivity contribution in [1.29, 1.82) is 0 Å². The largest absolute Gasteiger partial charge is 0.573 e. The van der Waals surface area contributed by atoms with E-state index in [1.165, 1.54) is 47.4 Å². The fraction of sp³-hybridized carbons (Fsp3) is 0.231. The average Bonchev–Trinajstić information content (AvgIpc) is 3.15. The third-order valence-corrected chi connectivity index (χ3v) is 5.61. The van der Waals surface area contributed by atoms with E-state index in [9.17, 15) is 26.7 Å². The molecule has 3 aromatic rings. The van der Waals surface area contributed by atoms with Gasteiger partial charge in [-0.25, -0.2) is 0 Å². The van der Waals surface area contributed by atoms with Crippen LogP contribution in [0.25, 0.3) is 0 Å². The van der Waals surface area contributed by atoms with Gasteiger partial charge in [0.2, 0.25) is 0 Å². The molecule has 1 aliphatic heterocycles. The van der Waals surface area contributed by atoms with Gasteiger partial charge in [0, 0.05) is 12.1 Å². The van der Waals surface area contributed by atoms with E-state index in [0.29, 0.717) is 11.3 Å². The molecule has 188 valence electrons. The Balaban J connectivity index is 1.71. The van der Waals surface area contributed by atoms with Gasteiger partial charge in [-0.3, -0.25) is 14.7 Å². The monoisotopic (exact) mass is 504 g/mol. The second-order valence-electron chi connectivity index (χ2n) is 8.05. The number of aliphatic imine (C=N–C) groups is 1. The molecule has 0 aliphatic carbocycles. The Bertz CT molecular complexity index is 1230. The molecule has 5 nitrogen and oxygen atoms in total. The van der Waals surface area contributed by atoms with Crippen LogP contribution >= 0.6 is 0 Å². The standard InChI is InChI=1S/C26H21F5N2O3/c1-16(17-6-3-2-4-7-17)32-22-15-23(18-8-5-9-21(14-18)36-26(29,30)31)33(24(22)34)19-10-12-20(13-11-19)35-25(27)28/h2-14,16,23,25H,15H2,1H3/t16-,23-/m1/s1. The summed E-state index contributed by atoms with van der Waals surface area (Å²) < 4.78 is 71.8. The fourth-order valence-corrected chi connectivity index (χ4v) is 4.06. The van der Waals surface area contributed by atoms with Crippen molar-refractivity contribution in [2.45, 2.75) is 38.4 Å². The van der Waals surface area contributed by atoms with Crippen LogP contribution in [-0.4, -0.2) is 24.6 Å². The maximum absolute atomic E-state index is 13.5. The van der Waals surface area contributed by atoms with E-state index in [-0.39, 0.29) is 23.9 Å². The Morgan fingerprint density at radius 2 is 1.64 bits per heavy atom. The molecule has 1 saturated heterocycles. The molecule has 1 heterocycles. The first-order valence-corrected chi connectivity index (χ1v) is 11.0. The summed E-state index contributed by atoms with van der Waals surface area (Å²) in [6.45, 7) is -1.17. The summed E-state index contributed by atoms with van der Waals surface area (Å²) in [7, 11) is 0. The van der Waals surface area contributed by atoms with Crippen LogP contribution in [0.1, 0.15) is 36.6 Å². The molecule has 0 N–H and O–H groups in total. The van der Waals surface area contributed by atoms with Crippen molar-refractivity contribution in [3.8, 4) is 11.5 Å². The number of rotatable bonds is 7. The minimum absolute atomic E-state index is 0.0934. The van der Waals surface area contributed by atoms with Crippen molar-refractivity contribution in [1.82, 2.24) is 0 Å². The van der Waals surface area contributed by atoms with Crippen LogP contribution in [0.15, 0.2) is 83.9 Å². The number of ether oxygens (including phenoxy) is 2. The van der Waals surface area contributed by atoms with E-state index in [1.807, 2.05) is 37.3 Å². The second-order valence-corrected chi connectivity index (χ2v) is 8.05. The Hall–Kier alpha value is -3.95. The number of halogens is 5. The predicted molar refractivity (Wildman–Crippen MR) is 123 cm³/mol. The zero-order valence-corrected chi connectivity index (χ0v) is 19.0. The predicted octanol–water partition coefficient (Wildman–Crippen LogP) is 6.87. The average molecular weight is 504 g/mol. The van der Waals surface area contributed by atoms with Gasteiger partial charge < -0.3 is 9.47 Å². The first-order valence-electron chi connectivity index (χ1n) is 11.0. The Morgan fingerprint density at radius 1 is 0.944 bits per heavy atom. The lowest BCUT2D eigenvalue weighted by Crippen LogP contribution is -2.29. The van der Waals surface area contributed by atoms with Gasteiger partial charge in [-0.15, -0.1) is 13.2 Å². The quantitative estimate of drug-likeness (QED) is 0.330. The van der Waals surface area contributed by atoms with Gasteiger partial charge in [0.1, 0.15) is 17.2 Å². The Labute approximate surface area is 203 Å². The normalized spacial score (nSPS) is 18.1. The molecular formula is C26H21F5N2O3. The molecule has 1 fully saturated rings. The van der Waals surface area contributed by atoms with Crippen molar-refractivity contribution in [3.63, 3.8) is 0 Å². The highest BCUT2D eigenvalue weighted by atomic mass is 19.4. The van der Waals surface area contributed by atoms with Crippen molar-refractivity contribution >= 4 is 17.3 Å². The van der Waals surface area contributed by atoms with Crippen LogP contribution in [0.3, 0.4) is 0 Å². The number of anilines is 1. The van der Waals surface area contributed by atoms with Crippen molar-refractivity contribution in [2.75, 3.05) is 4.90 Å². The van der Waals surface area contributed by atoms with E-state index in [4.69, 9.17) is 0 Å². The lowest BCUT2D eigenvalue weighted by atomic mass is 10.0. The molecule has 0 radical (unpaired) electrons. The number of carbonyl (C=O) groups excluding carboxylic acids is 1. The highest BCUT2D eigenvalue weighted by molar-refractivity contribution is 6.46. The van der Waals surface area contributed by atoms with Crippen molar-refractivity contribution in [2.24, 2.45) is 4.99 Å². The lowest BCUT2D eigenvalue weighted by molar-refractivity contribution is -0.274. The van der Waals surface area contributed by atoms with Crippen LogP contribution in [-0.2, 0) is 4.79 Å². The third-order valence-electron chi connectivity index (χ3n) is 5.61. The van der Waals surface area contributed by atoms with Gasteiger partial charge in [-0.2, -0.15) is 8.78 Å². The van der Waals surface area contributed by atoms with Gasteiger partial charge in [0.15, 0.2) is 0 Å². The van der Waals surface area contributed by atoms with Gasteiger partial charge in [-0.1, -0.05) is 42.5 Å². The number of hydrogen-bond acceptors (Lipinski definition) is 4. The smallest absolute Gasteiger partial charge is 0.435 e. The first-order chi connectivity index (χ1) is 17.1. The molecule has 0 unspecified atom stereocenters.